The summed E-state index contributed by atoms with van der Waals surface area (Å²) in [5.41, 5.74) is 0.922. The quantitative estimate of drug-likeness (QED) is 0.690. The summed E-state index contributed by atoms with van der Waals surface area (Å²) in [6.07, 6.45) is 5.30. The summed E-state index contributed by atoms with van der Waals surface area (Å²) in [4.78, 5) is 3.99. The summed E-state index contributed by atoms with van der Waals surface area (Å²) in [5, 5.41) is 4.15. The molecule has 0 saturated carbocycles. The first kappa shape index (κ1) is 7.79. The number of methoxy groups -OCH3 is 1. The monoisotopic (exact) mass is 175 g/mol. The van der Waals surface area contributed by atoms with Crippen LogP contribution in [0.2, 0.25) is 0 Å². The van der Waals surface area contributed by atoms with Gasteiger partial charge in [-0.15, -0.1) is 5.10 Å². The maximum absolute atomic E-state index is 4.96. The van der Waals surface area contributed by atoms with Gasteiger partial charge in [0.05, 0.1) is 19.0 Å². The van der Waals surface area contributed by atoms with Crippen molar-refractivity contribution in [2.45, 2.75) is 0 Å². The third-order valence-corrected chi connectivity index (χ3v) is 1.68. The molecule has 0 bridgehead atoms. The fourth-order valence-corrected chi connectivity index (χ4v) is 1.05. The Kier molecular flexibility index (Phi) is 1.96. The summed E-state index contributed by atoms with van der Waals surface area (Å²) >= 11 is 0. The molecule has 13 heavy (non-hydrogen) atoms. The maximum Gasteiger partial charge on any atom is 0.232 e. The average Bonchev–Trinajstić information content (AvgIpc) is 2.67. The Balaban J connectivity index is 2.36. The molecule has 4 nitrogen and oxygen atoms in total. The first-order chi connectivity index (χ1) is 6.40. The van der Waals surface area contributed by atoms with Gasteiger partial charge in [-0.05, 0) is 12.1 Å². The van der Waals surface area contributed by atoms with E-state index < -0.39 is 0 Å². The van der Waals surface area contributed by atoms with E-state index in [2.05, 4.69) is 10.1 Å². The predicted octanol–water partition coefficient (Wildman–Crippen LogP) is 1.28. The average molecular weight is 175 g/mol. The zero-order valence-corrected chi connectivity index (χ0v) is 7.21. The molecule has 2 heterocycles. The summed E-state index contributed by atoms with van der Waals surface area (Å²) in [5.74, 6) is 0.601. The molecule has 0 aliphatic heterocycles. The normalized spacial score (nSPS) is 9.92. The van der Waals surface area contributed by atoms with Gasteiger partial charge in [-0.1, -0.05) is 0 Å². The van der Waals surface area contributed by atoms with Crippen LogP contribution < -0.4 is 4.74 Å². The molecule has 0 aliphatic carbocycles. The Hall–Kier alpha value is -1.84. The molecule has 0 spiro atoms. The van der Waals surface area contributed by atoms with Crippen molar-refractivity contribution < 1.29 is 4.74 Å². The van der Waals surface area contributed by atoms with Crippen LogP contribution >= 0.6 is 0 Å². The number of nitrogens with zero attached hydrogens (tertiary/aromatic N) is 3. The van der Waals surface area contributed by atoms with Crippen molar-refractivity contribution in [1.82, 2.24) is 14.8 Å². The highest BCUT2D eigenvalue weighted by Crippen LogP contribution is 2.09. The second kappa shape index (κ2) is 3.26. The van der Waals surface area contributed by atoms with E-state index in [0.717, 1.165) is 5.69 Å². The smallest absolute Gasteiger partial charge is 0.232 e. The second-order valence-corrected chi connectivity index (χ2v) is 2.51. The Morgan fingerprint density at radius 2 is 2.31 bits per heavy atom. The van der Waals surface area contributed by atoms with Crippen LogP contribution in [0.25, 0.3) is 5.69 Å². The van der Waals surface area contributed by atoms with Crippen LogP contribution in [0, 0.1) is 0 Å². The number of aromatic nitrogens is 3. The predicted molar refractivity (Wildman–Crippen MR) is 47.9 cm³/mol. The molecule has 2 aromatic rings. The molecule has 0 saturated heterocycles. The molecule has 0 aliphatic rings. The SMILES string of the molecule is COc1ccn(-c2cccnc2)n1. The van der Waals surface area contributed by atoms with Crippen LogP contribution in [0.5, 0.6) is 5.88 Å². The molecule has 0 aromatic carbocycles. The van der Waals surface area contributed by atoms with Crippen molar-refractivity contribution in [1.29, 1.82) is 0 Å². The number of ether oxygens (including phenoxy) is 1. The second-order valence-electron chi connectivity index (χ2n) is 2.51. The van der Waals surface area contributed by atoms with Crippen molar-refractivity contribution in [2.75, 3.05) is 7.11 Å². The van der Waals surface area contributed by atoms with Crippen LogP contribution in [-0.4, -0.2) is 21.9 Å². The molecule has 4 heteroatoms. The van der Waals surface area contributed by atoms with E-state index >= 15 is 0 Å². The Morgan fingerprint density at radius 3 is 2.92 bits per heavy atom. The van der Waals surface area contributed by atoms with Gasteiger partial charge in [0.15, 0.2) is 0 Å². The molecule has 0 N–H and O–H groups in total. The van der Waals surface area contributed by atoms with Crippen molar-refractivity contribution in [3.05, 3.63) is 36.8 Å². The zero-order chi connectivity index (χ0) is 9.10. The van der Waals surface area contributed by atoms with Gasteiger partial charge in [-0.2, -0.15) is 0 Å². The first-order valence-electron chi connectivity index (χ1n) is 3.90. The lowest BCUT2D eigenvalue weighted by Crippen LogP contribution is -1.95. The van der Waals surface area contributed by atoms with Gasteiger partial charge in [0.25, 0.3) is 0 Å². The Bertz CT molecular complexity index is 383. The summed E-state index contributed by atoms with van der Waals surface area (Å²) < 4.78 is 6.68. The minimum absolute atomic E-state index is 0.601. The summed E-state index contributed by atoms with van der Waals surface area (Å²) in [6.45, 7) is 0. The van der Waals surface area contributed by atoms with Crippen molar-refractivity contribution in [3.63, 3.8) is 0 Å². The fourth-order valence-electron chi connectivity index (χ4n) is 1.05. The largest absolute Gasteiger partial charge is 0.480 e. The maximum atomic E-state index is 4.96. The van der Waals surface area contributed by atoms with E-state index in [9.17, 15) is 0 Å². The molecule has 2 aromatic heterocycles. The van der Waals surface area contributed by atoms with E-state index in [-0.39, 0.29) is 0 Å². The van der Waals surface area contributed by atoms with Crippen molar-refractivity contribution >= 4 is 0 Å². The molecule has 0 amide bonds. The van der Waals surface area contributed by atoms with E-state index in [0.29, 0.717) is 5.88 Å². The van der Waals surface area contributed by atoms with Crippen LogP contribution in [0.15, 0.2) is 36.8 Å². The van der Waals surface area contributed by atoms with E-state index in [4.69, 9.17) is 4.74 Å². The highest BCUT2D eigenvalue weighted by molar-refractivity contribution is 5.27. The highest BCUT2D eigenvalue weighted by atomic mass is 16.5. The molecule has 2 rings (SSSR count). The number of rotatable bonds is 2. The summed E-state index contributed by atoms with van der Waals surface area (Å²) in [7, 11) is 1.59. The van der Waals surface area contributed by atoms with Crippen LogP contribution in [-0.2, 0) is 0 Å². The van der Waals surface area contributed by atoms with Gasteiger partial charge < -0.3 is 4.74 Å². The van der Waals surface area contributed by atoms with Gasteiger partial charge in [0, 0.05) is 18.5 Å². The van der Waals surface area contributed by atoms with Crippen LogP contribution in [0.4, 0.5) is 0 Å². The third-order valence-electron chi connectivity index (χ3n) is 1.68. The van der Waals surface area contributed by atoms with E-state index in [1.807, 2.05) is 18.3 Å². The molecular formula is C9H9N3O. The molecule has 0 unspecified atom stereocenters. The zero-order valence-electron chi connectivity index (χ0n) is 7.21. The lowest BCUT2D eigenvalue weighted by molar-refractivity contribution is 0.394. The molecule has 66 valence electrons. The first-order valence-corrected chi connectivity index (χ1v) is 3.90. The molecule has 0 radical (unpaired) electrons. The lowest BCUT2D eigenvalue weighted by atomic mass is 10.4. The van der Waals surface area contributed by atoms with Gasteiger partial charge >= 0.3 is 0 Å². The highest BCUT2D eigenvalue weighted by Gasteiger charge is 1.98. The number of pyridine rings is 1. The van der Waals surface area contributed by atoms with Crippen LogP contribution in [0.3, 0.4) is 0 Å². The van der Waals surface area contributed by atoms with E-state index in [1.165, 1.54) is 0 Å². The Labute approximate surface area is 75.8 Å². The number of hydrogen-bond acceptors (Lipinski definition) is 3. The minimum Gasteiger partial charge on any atom is -0.480 e. The standard InChI is InChI=1S/C9H9N3O/c1-13-9-4-6-12(11-9)8-3-2-5-10-7-8/h2-7H,1H3. The van der Waals surface area contributed by atoms with Gasteiger partial charge in [0.1, 0.15) is 0 Å². The fraction of sp³-hybridized carbons (Fsp3) is 0.111. The van der Waals surface area contributed by atoms with E-state index in [1.54, 1.807) is 30.3 Å². The summed E-state index contributed by atoms with van der Waals surface area (Å²) in [6, 6.07) is 5.59. The van der Waals surface area contributed by atoms with Gasteiger partial charge in [-0.25, -0.2) is 4.68 Å². The minimum atomic E-state index is 0.601. The van der Waals surface area contributed by atoms with Gasteiger partial charge in [-0.3, -0.25) is 4.98 Å². The molecule has 0 fully saturated rings. The number of hydrogen-bond donors (Lipinski definition) is 0. The van der Waals surface area contributed by atoms with Gasteiger partial charge in [0.2, 0.25) is 5.88 Å². The molecule has 0 atom stereocenters. The third kappa shape index (κ3) is 1.51. The topological polar surface area (TPSA) is 39.9 Å². The van der Waals surface area contributed by atoms with Crippen molar-refractivity contribution in [2.24, 2.45) is 0 Å². The van der Waals surface area contributed by atoms with Crippen molar-refractivity contribution in [3.8, 4) is 11.6 Å². The Morgan fingerprint density at radius 1 is 1.38 bits per heavy atom. The lowest BCUT2D eigenvalue weighted by Gasteiger charge is -1.98. The molecular weight excluding hydrogens is 166 g/mol. The van der Waals surface area contributed by atoms with Crippen LogP contribution in [0.1, 0.15) is 0 Å².